The van der Waals surface area contributed by atoms with Gasteiger partial charge >= 0.3 is 0 Å². The van der Waals surface area contributed by atoms with E-state index < -0.39 is 22.9 Å². The number of rotatable bonds is 6. The topological polar surface area (TPSA) is 13.1 Å². The first-order valence-corrected chi connectivity index (χ1v) is 20.5. The maximum Gasteiger partial charge on any atom is 0.194 e. The maximum absolute atomic E-state index is 14.2. The first kappa shape index (κ1) is 36.2. The van der Waals surface area contributed by atoms with Crippen molar-refractivity contribution in [3.8, 4) is 33.4 Å². The summed E-state index contributed by atoms with van der Waals surface area (Å²) in [6.45, 7) is 4.34. The molecule has 1 heterocycles. The van der Waals surface area contributed by atoms with Crippen LogP contribution >= 0.6 is 0 Å². The van der Waals surface area contributed by atoms with Crippen LogP contribution in [-0.4, -0.2) is 0 Å². The van der Waals surface area contributed by atoms with Crippen molar-refractivity contribution in [3.63, 3.8) is 0 Å². The van der Waals surface area contributed by atoms with E-state index in [2.05, 4.69) is 159 Å². The molecule has 0 N–H and O–H groups in total. The lowest BCUT2D eigenvalue weighted by atomic mass is 9.81. The van der Waals surface area contributed by atoms with Crippen molar-refractivity contribution < 1.29 is 17.6 Å². The van der Waals surface area contributed by atoms with Crippen LogP contribution in [0.4, 0.5) is 13.2 Å². The van der Waals surface area contributed by atoms with Crippen LogP contribution in [0.3, 0.4) is 0 Å². The molecule has 8 aromatic carbocycles. The third kappa shape index (κ3) is 5.85. The lowest BCUT2D eigenvalue weighted by Crippen LogP contribution is -2.15. The van der Waals surface area contributed by atoms with Gasteiger partial charge < -0.3 is 4.42 Å². The molecule has 11 rings (SSSR count). The molecule has 60 heavy (non-hydrogen) atoms. The monoisotopic (exact) mass is 784 g/mol. The molecule has 4 heteroatoms. The predicted octanol–water partition coefficient (Wildman–Crippen LogP) is 15.6. The van der Waals surface area contributed by atoms with E-state index in [4.69, 9.17) is 4.42 Å². The molecule has 0 aliphatic heterocycles. The molecule has 2 aliphatic carbocycles. The summed E-state index contributed by atoms with van der Waals surface area (Å²) in [5.41, 5.74) is 13.7. The third-order valence-corrected chi connectivity index (χ3v) is 13.0. The van der Waals surface area contributed by atoms with Crippen LogP contribution in [0.5, 0.6) is 0 Å². The molecule has 290 valence electrons. The SMILES string of the molecule is CC1(C)c2cc(-c3cc(F)c(F)c(F)c3)ccc2-c2ccc(-c3ccc4c(c3)oc3cc(C(c5ccc(C6C=CC=CC6)cc5)c5cccc6ccccc56)ccc34)cc21. The molecule has 0 fully saturated rings. The van der Waals surface area contributed by atoms with Crippen LogP contribution < -0.4 is 0 Å². The fourth-order valence-corrected chi connectivity index (χ4v) is 9.79. The minimum atomic E-state index is -1.46. The van der Waals surface area contributed by atoms with Crippen LogP contribution in [0.25, 0.3) is 66.1 Å². The lowest BCUT2D eigenvalue weighted by molar-refractivity contribution is 0.447. The molecule has 0 bridgehead atoms. The highest BCUT2D eigenvalue weighted by atomic mass is 19.2. The Morgan fingerprint density at radius 2 is 1.17 bits per heavy atom. The van der Waals surface area contributed by atoms with Crippen molar-refractivity contribution >= 4 is 32.7 Å². The normalized spacial score (nSPS) is 15.8. The van der Waals surface area contributed by atoms with Gasteiger partial charge in [0.05, 0.1) is 0 Å². The summed E-state index contributed by atoms with van der Waals surface area (Å²) in [4.78, 5) is 0. The van der Waals surface area contributed by atoms with Crippen molar-refractivity contribution in [1.82, 2.24) is 0 Å². The minimum absolute atomic E-state index is 0.00638. The summed E-state index contributed by atoms with van der Waals surface area (Å²) in [5, 5.41) is 4.60. The van der Waals surface area contributed by atoms with Crippen LogP contribution in [0, 0.1) is 17.5 Å². The van der Waals surface area contributed by atoms with Gasteiger partial charge in [0.2, 0.25) is 0 Å². The lowest BCUT2D eigenvalue weighted by Gasteiger charge is -2.22. The molecule has 0 radical (unpaired) electrons. The standard InChI is InChI=1S/C56H39F3O/c1-56(2)48-27-37(19-23-43(48)44-24-20-38(28-49(44)56)41-29-50(57)55(59)51(58)30-41)39-21-25-45-46-26-22-40(32-53(46)60-52(45)31-39)54(47-14-8-12-35-11-6-7-13-42(35)47)36-17-15-34(16-18-36)33-9-4-3-5-10-33/h3-9,11-33,54H,10H2,1-2H3. The molecule has 2 atom stereocenters. The summed E-state index contributed by atoms with van der Waals surface area (Å²) < 4.78 is 48.9. The fourth-order valence-electron chi connectivity index (χ4n) is 9.79. The number of allylic oxidation sites excluding steroid dienone is 4. The van der Waals surface area contributed by atoms with Gasteiger partial charge in [0.25, 0.3) is 0 Å². The number of benzene rings is 8. The highest BCUT2D eigenvalue weighted by molar-refractivity contribution is 6.06. The van der Waals surface area contributed by atoms with Gasteiger partial charge in [0, 0.05) is 28.0 Å². The van der Waals surface area contributed by atoms with Crippen LogP contribution in [0.15, 0.2) is 180 Å². The molecule has 9 aromatic rings. The Labute approximate surface area is 346 Å². The smallest absolute Gasteiger partial charge is 0.194 e. The first-order valence-electron chi connectivity index (χ1n) is 20.5. The molecular formula is C56H39F3O. The molecule has 1 aromatic heterocycles. The van der Waals surface area contributed by atoms with Gasteiger partial charge in [-0.25, -0.2) is 13.2 Å². The highest BCUT2D eigenvalue weighted by Gasteiger charge is 2.36. The van der Waals surface area contributed by atoms with Crippen molar-refractivity contribution in [3.05, 3.63) is 227 Å². The van der Waals surface area contributed by atoms with Gasteiger partial charge in [-0.05, 0) is 126 Å². The van der Waals surface area contributed by atoms with Crippen molar-refractivity contribution in [1.29, 1.82) is 0 Å². The zero-order valence-corrected chi connectivity index (χ0v) is 33.1. The van der Waals surface area contributed by atoms with Gasteiger partial charge in [0.15, 0.2) is 17.5 Å². The molecule has 0 spiro atoms. The van der Waals surface area contributed by atoms with E-state index in [0.717, 1.165) is 73.9 Å². The van der Waals surface area contributed by atoms with E-state index in [1.807, 2.05) is 18.2 Å². The quantitative estimate of drug-likeness (QED) is 0.121. The number of furan rings is 1. The average molecular weight is 785 g/mol. The number of hydrogen-bond donors (Lipinski definition) is 0. The Bertz CT molecular complexity index is 3230. The first-order chi connectivity index (χ1) is 29.2. The van der Waals surface area contributed by atoms with E-state index in [-0.39, 0.29) is 5.92 Å². The minimum Gasteiger partial charge on any atom is -0.456 e. The fraction of sp³-hybridized carbons (Fsp3) is 0.107. The summed E-state index contributed by atoms with van der Waals surface area (Å²) in [5.74, 6) is -3.47. The van der Waals surface area contributed by atoms with Gasteiger partial charge in [-0.2, -0.15) is 0 Å². The van der Waals surface area contributed by atoms with Crippen LogP contribution in [-0.2, 0) is 5.41 Å². The summed E-state index contributed by atoms with van der Waals surface area (Å²) in [6, 6.07) is 52.0. The number of hydrogen-bond acceptors (Lipinski definition) is 1. The Morgan fingerprint density at radius 3 is 1.88 bits per heavy atom. The summed E-state index contributed by atoms with van der Waals surface area (Å²) in [7, 11) is 0. The Hall–Kier alpha value is -6.91. The zero-order valence-electron chi connectivity index (χ0n) is 33.1. The van der Waals surface area contributed by atoms with Crippen molar-refractivity contribution in [2.45, 2.75) is 37.5 Å². The Kier molecular flexibility index (Phi) is 8.35. The van der Waals surface area contributed by atoms with Gasteiger partial charge in [0.1, 0.15) is 11.2 Å². The summed E-state index contributed by atoms with van der Waals surface area (Å²) >= 11 is 0. The van der Waals surface area contributed by atoms with E-state index in [1.54, 1.807) is 0 Å². The van der Waals surface area contributed by atoms with E-state index in [9.17, 15) is 13.2 Å². The van der Waals surface area contributed by atoms with E-state index in [0.29, 0.717) is 17.0 Å². The van der Waals surface area contributed by atoms with Gasteiger partial charge in [-0.3, -0.25) is 0 Å². The third-order valence-electron chi connectivity index (χ3n) is 13.0. The molecule has 0 amide bonds. The largest absolute Gasteiger partial charge is 0.456 e. The average Bonchev–Trinajstić information content (AvgIpc) is 3.76. The van der Waals surface area contributed by atoms with Crippen molar-refractivity contribution in [2.24, 2.45) is 0 Å². The van der Waals surface area contributed by atoms with Gasteiger partial charge in [-0.1, -0.05) is 147 Å². The number of halogens is 3. The molecule has 0 saturated heterocycles. The van der Waals surface area contributed by atoms with Gasteiger partial charge in [-0.15, -0.1) is 0 Å². The summed E-state index contributed by atoms with van der Waals surface area (Å²) in [6.07, 6.45) is 9.80. The molecule has 1 nitrogen and oxygen atoms in total. The van der Waals surface area contributed by atoms with Crippen LogP contribution in [0.2, 0.25) is 0 Å². The molecular weight excluding hydrogens is 746 g/mol. The zero-order chi connectivity index (χ0) is 40.7. The van der Waals surface area contributed by atoms with E-state index >= 15 is 0 Å². The molecule has 2 unspecified atom stereocenters. The second-order valence-electron chi connectivity index (χ2n) is 16.8. The Balaban J connectivity index is 0.958. The second kappa shape index (κ2) is 13.8. The Morgan fingerprint density at radius 1 is 0.550 bits per heavy atom. The van der Waals surface area contributed by atoms with Crippen LogP contribution in [0.1, 0.15) is 65.5 Å². The molecule has 2 aliphatic rings. The van der Waals surface area contributed by atoms with Crippen molar-refractivity contribution in [2.75, 3.05) is 0 Å². The highest BCUT2D eigenvalue weighted by Crippen LogP contribution is 2.51. The number of fused-ring (bicyclic) bond motifs is 7. The van der Waals surface area contributed by atoms with E-state index in [1.165, 1.54) is 33.0 Å². The second-order valence-corrected chi connectivity index (χ2v) is 16.8. The predicted molar refractivity (Wildman–Crippen MR) is 239 cm³/mol. The molecule has 0 saturated carbocycles. The maximum atomic E-state index is 14.2.